The summed E-state index contributed by atoms with van der Waals surface area (Å²) in [5.41, 5.74) is -0.862. The first-order valence-corrected chi connectivity index (χ1v) is 8.07. The Morgan fingerprint density at radius 1 is 1.16 bits per heavy atom. The van der Waals surface area contributed by atoms with Gasteiger partial charge in [0.25, 0.3) is 5.91 Å². The SMILES string of the molecule is CC(C)(Oc1ccc(Cl)cc1)C(=O)OCCNC(=O)c1ccccn1. The molecule has 2 rings (SSSR count). The summed E-state index contributed by atoms with van der Waals surface area (Å²) in [5, 5.41) is 3.21. The number of aromatic nitrogens is 1. The molecule has 0 atom stereocenters. The van der Waals surface area contributed by atoms with Crippen molar-refractivity contribution in [3.63, 3.8) is 0 Å². The summed E-state index contributed by atoms with van der Waals surface area (Å²) in [4.78, 5) is 27.9. The first kappa shape index (κ1) is 18.7. The number of rotatable bonds is 7. The number of halogens is 1. The van der Waals surface area contributed by atoms with Crippen LogP contribution in [0.3, 0.4) is 0 Å². The van der Waals surface area contributed by atoms with Crippen molar-refractivity contribution >= 4 is 23.5 Å². The lowest BCUT2D eigenvalue weighted by atomic mass is 10.1. The van der Waals surface area contributed by atoms with Gasteiger partial charge in [0, 0.05) is 11.2 Å². The Hall–Kier alpha value is -2.60. The molecule has 6 nitrogen and oxygen atoms in total. The Balaban J connectivity index is 1.77. The standard InChI is InChI=1S/C18H19ClN2O4/c1-18(2,25-14-8-6-13(19)7-9-14)17(23)24-12-11-21-16(22)15-5-3-4-10-20-15/h3-10H,11-12H2,1-2H3,(H,21,22). The van der Waals surface area contributed by atoms with E-state index in [9.17, 15) is 9.59 Å². The molecular weight excluding hydrogens is 344 g/mol. The van der Waals surface area contributed by atoms with Crippen LogP contribution < -0.4 is 10.1 Å². The Bertz CT molecular complexity index is 718. The molecule has 1 aromatic heterocycles. The van der Waals surface area contributed by atoms with Crippen LogP contribution in [-0.2, 0) is 9.53 Å². The summed E-state index contributed by atoms with van der Waals surface area (Å²) < 4.78 is 10.8. The van der Waals surface area contributed by atoms with Crippen molar-refractivity contribution in [3.8, 4) is 5.75 Å². The van der Waals surface area contributed by atoms with E-state index < -0.39 is 11.6 Å². The number of hydrogen-bond donors (Lipinski definition) is 1. The number of carbonyl (C=O) groups is 2. The van der Waals surface area contributed by atoms with E-state index in [-0.39, 0.29) is 19.1 Å². The van der Waals surface area contributed by atoms with E-state index in [0.717, 1.165) is 0 Å². The van der Waals surface area contributed by atoms with E-state index in [1.165, 1.54) is 6.20 Å². The van der Waals surface area contributed by atoms with Gasteiger partial charge in [0.05, 0.1) is 6.54 Å². The molecule has 0 spiro atoms. The average Bonchev–Trinajstić information content (AvgIpc) is 2.61. The number of benzene rings is 1. The molecule has 0 bridgehead atoms. The van der Waals surface area contributed by atoms with Crippen LogP contribution in [0.1, 0.15) is 24.3 Å². The van der Waals surface area contributed by atoms with E-state index in [0.29, 0.717) is 16.5 Å². The lowest BCUT2D eigenvalue weighted by Crippen LogP contribution is -2.41. The Morgan fingerprint density at radius 3 is 2.52 bits per heavy atom. The molecule has 1 amide bonds. The van der Waals surface area contributed by atoms with Crippen molar-refractivity contribution in [1.82, 2.24) is 10.3 Å². The second-order valence-corrected chi connectivity index (χ2v) is 6.11. The van der Waals surface area contributed by atoms with Crippen LogP contribution in [0.25, 0.3) is 0 Å². The highest BCUT2D eigenvalue weighted by molar-refractivity contribution is 6.30. The highest BCUT2D eigenvalue weighted by Gasteiger charge is 2.31. The third-order valence-corrected chi connectivity index (χ3v) is 3.45. The average molecular weight is 363 g/mol. The van der Waals surface area contributed by atoms with Gasteiger partial charge in [-0.25, -0.2) is 4.79 Å². The van der Waals surface area contributed by atoms with Gasteiger partial charge in [0.2, 0.25) is 0 Å². The number of nitrogens with one attached hydrogen (secondary N) is 1. The molecule has 1 heterocycles. The summed E-state index contributed by atoms with van der Waals surface area (Å²) in [5.74, 6) is -0.349. The van der Waals surface area contributed by atoms with Crippen molar-refractivity contribution in [2.24, 2.45) is 0 Å². The summed E-state index contributed by atoms with van der Waals surface area (Å²) in [6.45, 7) is 3.43. The predicted octanol–water partition coefficient (Wildman–Crippen LogP) is 2.87. The highest BCUT2D eigenvalue weighted by Crippen LogP contribution is 2.21. The Labute approximate surface area is 151 Å². The van der Waals surface area contributed by atoms with Crippen molar-refractivity contribution in [2.45, 2.75) is 19.4 Å². The molecule has 0 aliphatic heterocycles. The lowest BCUT2D eigenvalue weighted by Gasteiger charge is -2.24. The number of esters is 1. The minimum Gasteiger partial charge on any atom is -0.476 e. The zero-order chi connectivity index (χ0) is 18.3. The zero-order valence-corrected chi connectivity index (χ0v) is 14.7. The monoisotopic (exact) mass is 362 g/mol. The number of amides is 1. The van der Waals surface area contributed by atoms with E-state index in [1.807, 2.05) is 0 Å². The summed E-state index contributed by atoms with van der Waals surface area (Å²) in [7, 11) is 0. The Kier molecular flexibility index (Phi) is 6.36. The number of hydrogen-bond acceptors (Lipinski definition) is 5. The van der Waals surface area contributed by atoms with Crippen LogP contribution in [0, 0.1) is 0 Å². The van der Waals surface area contributed by atoms with Gasteiger partial charge in [0.1, 0.15) is 18.1 Å². The molecule has 0 radical (unpaired) electrons. The molecule has 0 aliphatic carbocycles. The molecule has 0 aliphatic rings. The molecular formula is C18H19ClN2O4. The third kappa shape index (κ3) is 5.76. The second-order valence-electron chi connectivity index (χ2n) is 5.67. The maximum atomic E-state index is 12.2. The maximum Gasteiger partial charge on any atom is 0.349 e. The van der Waals surface area contributed by atoms with Crippen molar-refractivity contribution in [2.75, 3.05) is 13.2 Å². The van der Waals surface area contributed by atoms with Gasteiger partial charge in [-0.05, 0) is 50.2 Å². The number of ether oxygens (including phenoxy) is 2. The maximum absolute atomic E-state index is 12.2. The molecule has 2 aromatic rings. The smallest absolute Gasteiger partial charge is 0.349 e. The molecule has 132 valence electrons. The highest BCUT2D eigenvalue weighted by atomic mass is 35.5. The van der Waals surface area contributed by atoms with Gasteiger partial charge in [-0.15, -0.1) is 0 Å². The molecule has 1 aromatic carbocycles. The van der Waals surface area contributed by atoms with Gasteiger partial charge in [0.15, 0.2) is 5.60 Å². The molecule has 0 saturated carbocycles. The molecule has 7 heteroatoms. The summed E-state index contributed by atoms with van der Waals surface area (Å²) in [6, 6.07) is 11.7. The fraction of sp³-hybridized carbons (Fsp3) is 0.278. The number of pyridine rings is 1. The van der Waals surface area contributed by atoms with Gasteiger partial charge in [-0.3, -0.25) is 9.78 Å². The van der Waals surface area contributed by atoms with Crippen LogP contribution in [0.5, 0.6) is 5.75 Å². The van der Waals surface area contributed by atoms with Crippen LogP contribution in [-0.4, -0.2) is 35.6 Å². The normalized spacial score (nSPS) is 10.8. The first-order chi connectivity index (χ1) is 11.9. The van der Waals surface area contributed by atoms with Crippen LogP contribution in [0.15, 0.2) is 48.7 Å². The number of nitrogens with zero attached hydrogens (tertiary/aromatic N) is 1. The molecule has 1 N–H and O–H groups in total. The van der Waals surface area contributed by atoms with E-state index in [2.05, 4.69) is 10.3 Å². The topological polar surface area (TPSA) is 77.5 Å². The third-order valence-electron chi connectivity index (χ3n) is 3.20. The molecule has 0 unspecified atom stereocenters. The minimum atomic E-state index is -1.17. The fourth-order valence-electron chi connectivity index (χ4n) is 1.91. The van der Waals surface area contributed by atoms with Crippen LogP contribution in [0.4, 0.5) is 0 Å². The van der Waals surface area contributed by atoms with Gasteiger partial charge in [-0.1, -0.05) is 17.7 Å². The van der Waals surface area contributed by atoms with E-state index >= 15 is 0 Å². The second kappa shape index (κ2) is 8.48. The summed E-state index contributed by atoms with van der Waals surface area (Å²) >= 11 is 5.81. The van der Waals surface area contributed by atoms with E-state index in [1.54, 1.807) is 56.3 Å². The summed E-state index contributed by atoms with van der Waals surface area (Å²) in [6.07, 6.45) is 1.53. The number of carbonyl (C=O) groups excluding carboxylic acids is 2. The van der Waals surface area contributed by atoms with Gasteiger partial charge < -0.3 is 14.8 Å². The van der Waals surface area contributed by atoms with Crippen molar-refractivity contribution in [1.29, 1.82) is 0 Å². The lowest BCUT2D eigenvalue weighted by molar-refractivity contribution is -0.159. The predicted molar refractivity (Wildman–Crippen MR) is 93.7 cm³/mol. The zero-order valence-electron chi connectivity index (χ0n) is 14.0. The van der Waals surface area contributed by atoms with Crippen molar-refractivity contribution < 1.29 is 19.1 Å². The molecule has 25 heavy (non-hydrogen) atoms. The largest absolute Gasteiger partial charge is 0.476 e. The van der Waals surface area contributed by atoms with Crippen LogP contribution in [0.2, 0.25) is 5.02 Å². The van der Waals surface area contributed by atoms with Gasteiger partial charge in [-0.2, -0.15) is 0 Å². The molecule has 0 fully saturated rings. The fourth-order valence-corrected chi connectivity index (χ4v) is 2.03. The minimum absolute atomic E-state index is 0.0326. The Morgan fingerprint density at radius 2 is 1.88 bits per heavy atom. The quantitative estimate of drug-likeness (QED) is 0.605. The van der Waals surface area contributed by atoms with E-state index in [4.69, 9.17) is 21.1 Å². The van der Waals surface area contributed by atoms with Crippen molar-refractivity contribution in [3.05, 3.63) is 59.4 Å². The van der Waals surface area contributed by atoms with Crippen LogP contribution >= 0.6 is 11.6 Å². The first-order valence-electron chi connectivity index (χ1n) is 7.69. The van der Waals surface area contributed by atoms with Gasteiger partial charge >= 0.3 is 5.97 Å². The molecule has 0 saturated heterocycles.